The molecule has 0 spiro atoms. The van der Waals surface area contributed by atoms with Crippen molar-refractivity contribution in [3.05, 3.63) is 35.6 Å². The van der Waals surface area contributed by atoms with Gasteiger partial charge in [0.2, 0.25) is 0 Å². The average molecular weight is 280 g/mol. The number of ether oxygens (including phenoxy) is 1. The van der Waals surface area contributed by atoms with Crippen molar-refractivity contribution in [3.63, 3.8) is 0 Å². The van der Waals surface area contributed by atoms with Crippen LogP contribution >= 0.6 is 0 Å². The van der Waals surface area contributed by atoms with Crippen LogP contribution in [0.15, 0.2) is 24.3 Å². The highest BCUT2D eigenvalue weighted by Gasteiger charge is 2.27. The van der Waals surface area contributed by atoms with Gasteiger partial charge in [-0.25, -0.2) is 4.39 Å². The first-order valence-corrected chi connectivity index (χ1v) is 7.33. The van der Waals surface area contributed by atoms with Crippen LogP contribution in [0.2, 0.25) is 0 Å². The maximum absolute atomic E-state index is 13.9. The van der Waals surface area contributed by atoms with Crippen molar-refractivity contribution in [2.45, 2.75) is 25.4 Å². The minimum atomic E-state index is -0.128. The number of nitrogens with one attached hydrogen (secondary N) is 1. The first-order valence-electron chi connectivity index (χ1n) is 7.33. The van der Waals surface area contributed by atoms with Crippen molar-refractivity contribution >= 4 is 0 Å². The Balaban J connectivity index is 1.99. The van der Waals surface area contributed by atoms with Gasteiger partial charge in [0, 0.05) is 36.7 Å². The van der Waals surface area contributed by atoms with E-state index < -0.39 is 0 Å². The van der Waals surface area contributed by atoms with Crippen LogP contribution in [0.1, 0.15) is 24.9 Å². The highest BCUT2D eigenvalue weighted by molar-refractivity contribution is 5.20. The maximum Gasteiger partial charge on any atom is 0.127 e. The normalized spacial score (nSPS) is 22.1. The third kappa shape index (κ3) is 3.57. The molecular formula is C16H25FN2O. The third-order valence-corrected chi connectivity index (χ3v) is 4.41. The van der Waals surface area contributed by atoms with E-state index in [4.69, 9.17) is 4.74 Å². The van der Waals surface area contributed by atoms with Crippen molar-refractivity contribution in [3.8, 4) is 0 Å². The van der Waals surface area contributed by atoms with Crippen molar-refractivity contribution in [1.29, 1.82) is 0 Å². The highest BCUT2D eigenvalue weighted by Crippen LogP contribution is 2.24. The van der Waals surface area contributed by atoms with Gasteiger partial charge in [-0.15, -0.1) is 0 Å². The van der Waals surface area contributed by atoms with Crippen molar-refractivity contribution in [2.75, 3.05) is 33.9 Å². The van der Waals surface area contributed by atoms with E-state index in [1.807, 2.05) is 19.2 Å². The Morgan fingerprint density at radius 3 is 2.80 bits per heavy atom. The fourth-order valence-corrected chi connectivity index (χ4v) is 2.87. The summed E-state index contributed by atoms with van der Waals surface area (Å²) in [5, 5.41) is 3.38. The molecule has 0 amide bonds. The van der Waals surface area contributed by atoms with Gasteiger partial charge in [0.05, 0.1) is 6.61 Å². The van der Waals surface area contributed by atoms with Gasteiger partial charge >= 0.3 is 0 Å². The number of nitrogens with zero attached hydrogens (tertiary/aromatic N) is 1. The van der Waals surface area contributed by atoms with Crippen LogP contribution in [0.4, 0.5) is 4.39 Å². The SMILES string of the molecule is CNC(CN(C)C(C)c1ccccc1F)C1CCOC1. The molecule has 4 heteroatoms. The van der Waals surface area contributed by atoms with Crippen LogP contribution < -0.4 is 5.32 Å². The Morgan fingerprint density at radius 2 is 2.20 bits per heavy atom. The Kier molecular flexibility index (Phi) is 5.52. The van der Waals surface area contributed by atoms with Gasteiger partial charge in [-0.1, -0.05) is 18.2 Å². The van der Waals surface area contributed by atoms with Gasteiger partial charge in [-0.05, 0) is 33.5 Å². The molecule has 20 heavy (non-hydrogen) atoms. The molecule has 3 unspecified atom stereocenters. The summed E-state index contributed by atoms with van der Waals surface area (Å²) in [4.78, 5) is 2.21. The molecule has 1 saturated heterocycles. The van der Waals surface area contributed by atoms with Gasteiger partial charge in [-0.3, -0.25) is 4.90 Å². The summed E-state index contributed by atoms with van der Waals surface area (Å²) >= 11 is 0. The molecule has 1 N–H and O–H groups in total. The Morgan fingerprint density at radius 1 is 1.45 bits per heavy atom. The van der Waals surface area contributed by atoms with E-state index in [2.05, 4.69) is 24.2 Å². The number of hydrogen-bond donors (Lipinski definition) is 1. The number of likely N-dealkylation sites (N-methyl/N-ethyl adjacent to an activating group) is 2. The summed E-state index contributed by atoms with van der Waals surface area (Å²) in [6.07, 6.45) is 1.10. The predicted octanol–water partition coefficient (Wildman–Crippen LogP) is 2.44. The smallest absolute Gasteiger partial charge is 0.127 e. The standard InChI is InChI=1S/C16H25FN2O/c1-12(14-6-4-5-7-15(14)17)19(3)10-16(18-2)13-8-9-20-11-13/h4-7,12-13,16,18H,8-11H2,1-3H3. The third-order valence-electron chi connectivity index (χ3n) is 4.41. The lowest BCUT2D eigenvalue weighted by Crippen LogP contribution is -2.44. The average Bonchev–Trinajstić information content (AvgIpc) is 2.98. The van der Waals surface area contributed by atoms with Crippen LogP contribution in [0.3, 0.4) is 0 Å². The van der Waals surface area contributed by atoms with E-state index in [9.17, 15) is 4.39 Å². The molecule has 0 radical (unpaired) electrons. The summed E-state index contributed by atoms with van der Waals surface area (Å²) in [6, 6.07) is 7.47. The van der Waals surface area contributed by atoms with E-state index >= 15 is 0 Å². The zero-order valence-electron chi connectivity index (χ0n) is 12.6. The molecule has 112 valence electrons. The van der Waals surface area contributed by atoms with E-state index in [0.29, 0.717) is 12.0 Å². The fraction of sp³-hybridized carbons (Fsp3) is 0.625. The molecule has 0 aliphatic carbocycles. The van der Waals surface area contributed by atoms with Crippen molar-refractivity contribution in [1.82, 2.24) is 10.2 Å². The Labute approximate surface area is 121 Å². The molecule has 1 aliphatic heterocycles. The number of hydrogen-bond acceptors (Lipinski definition) is 3. The largest absolute Gasteiger partial charge is 0.381 e. The first-order chi connectivity index (χ1) is 9.63. The maximum atomic E-state index is 13.9. The van der Waals surface area contributed by atoms with Crippen LogP contribution in [-0.2, 0) is 4.74 Å². The molecule has 1 aliphatic rings. The van der Waals surface area contributed by atoms with Gasteiger partial charge in [0.25, 0.3) is 0 Å². The summed E-state index contributed by atoms with van der Waals surface area (Å²) in [6.45, 7) is 4.62. The summed E-state index contributed by atoms with van der Waals surface area (Å²) in [5.41, 5.74) is 0.757. The Bertz CT molecular complexity index is 421. The minimum Gasteiger partial charge on any atom is -0.381 e. The number of halogens is 1. The topological polar surface area (TPSA) is 24.5 Å². The van der Waals surface area contributed by atoms with E-state index in [1.165, 1.54) is 6.07 Å². The zero-order chi connectivity index (χ0) is 14.5. The second kappa shape index (κ2) is 7.16. The fourth-order valence-electron chi connectivity index (χ4n) is 2.87. The second-order valence-electron chi connectivity index (χ2n) is 5.66. The first kappa shape index (κ1) is 15.4. The molecule has 0 bridgehead atoms. The van der Waals surface area contributed by atoms with E-state index in [-0.39, 0.29) is 11.9 Å². The van der Waals surface area contributed by atoms with Crippen LogP contribution in [0.5, 0.6) is 0 Å². The van der Waals surface area contributed by atoms with Crippen LogP contribution in [-0.4, -0.2) is 44.8 Å². The van der Waals surface area contributed by atoms with Gasteiger partial charge in [-0.2, -0.15) is 0 Å². The van der Waals surface area contributed by atoms with Crippen LogP contribution in [0.25, 0.3) is 0 Å². The second-order valence-corrected chi connectivity index (χ2v) is 5.66. The van der Waals surface area contributed by atoms with E-state index in [0.717, 1.165) is 31.7 Å². The van der Waals surface area contributed by atoms with Crippen LogP contribution in [0, 0.1) is 11.7 Å². The Hall–Kier alpha value is -0.970. The molecule has 1 aromatic carbocycles. The monoisotopic (exact) mass is 280 g/mol. The van der Waals surface area contributed by atoms with Gasteiger partial charge < -0.3 is 10.1 Å². The lowest BCUT2D eigenvalue weighted by atomic mass is 9.97. The van der Waals surface area contributed by atoms with Crippen molar-refractivity contribution < 1.29 is 9.13 Å². The molecule has 3 nitrogen and oxygen atoms in total. The lowest BCUT2D eigenvalue weighted by molar-refractivity contribution is 0.159. The van der Waals surface area contributed by atoms with Crippen molar-refractivity contribution in [2.24, 2.45) is 5.92 Å². The molecule has 2 rings (SSSR count). The lowest BCUT2D eigenvalue weighted by Gasteiger charge is -2.31. The van der Waals surface area contributed by atoms with Gasteiger partial charge in [0.1, 0.15) is 5.82 Å². The number of rotatable bonds is 6. The summed E-state index contributed by atoms with van der Waals surface area (Å²) in [5.74, 6) is 0.423. The van der Waals surface area contributed by atoms with E-state index in [1.54, 1.807) is 6.07 Å². The highest BCUT2D eigenvalue weighted by atomic mass is 19.1. The quantitative estimate of drug-likeness (QED) is 0.866. The van der Waals surface area contributed by atoms with Gasteiger partial charge in [0.15, 0.2) is 0 Å². The summed E-state index contributed by atoms with van der Waals surface area (Å²) < 4.78 is 19.3. The predicted molar refractivity (Wildman–Crippen MR) is 79.2 cm³/mol. The molecular weight excluding hydrogens is 255 g/mol. The zero-order valence-corrected chi connectivity index (χ0v) is 12.6. The number of benzene rings is 1. The molecule has 0 saturated carbocycles. The molecule has 1 heterocycles. The molecule has 0 aromatic heterocycles. The summed E-state index contributed by atoms with van der Waals surface area (Å²) in [7, 11) is 4.04. The molecule has 3 atom stereocenters. The minimum absolute atomic E-state index is 0.0642. The molecule has 1 aromatic rings. The molecule has 1 fully saturated rings.